The summed E-state index contributed by atoms with van der Waals surface area (Å²) in [6.07, 6.45) is 1.79. The van der Waals surface area contributed by atoms with Gasteiger partial charge in [0.15, 0.2) is 0 Å². The Kier molecular flexibility index (Phi) is 2.52. The van der Waals surface area contributed by atoms with Gasteiger partial charge in [0.05, 0.1) is 12.2 Å². The zero-order valence-electron chi connectivity index (χ0n) is 9.97. The normalized spacial score (nSPS) is 22.4. The van der Waals surface area contributed by atoms with Gasteiger partial charge in [-0.15, -0.1) is 0 Å². The fraction of sp³-hybridized carbons (Fsp3) is 0.231. The highest BCUT2D eigenvalue weighted by molar-refractivity contribution is 9.10. The highest BCUT2D eigenvalue weighted by Gasteiger charge is 2.35. The summed E-state index contributed by atoms with van der Waals surface area (Å²) in [5.74, 6) is 0.605. The van der Waals surface area contributed by atoms with E-state index < -0.39 is 5.54 Å². The molecule has 2 heterocycles. The summed E-state index contributed by atoms with van der Waals surface area (Å²) in [4.78, 5) is 4.65. The monoisotopic (exact) mass is 304 g/mol. The van der Waals surface area contributed by atoms with Crippen molar-refractivity contribution in [2.75, 3.05) is 0 Å². The Balaban J connectivity index is 2.22. The van der Waals surface area contributed by atoms with Crippen LogP contribution in [-0.4, -0.2) is 15.6 Å². The molecule has 0 spiro atoms. The van der Waals surface area contributed by atoms with E-state index in [0.717, 1.165) is 15.7 Å². The lowest BCUT2D eigenvalue weighted by molar-refractivity contribution is 0.498. The van der Waals surface area contributed by atoms with Crippen LogP contribution in [0.25, 0.3) is 0 Å². The van der Waals surface area contributed by atoms with E-state index in [-0.39, 0.29) is 0 Å². The lowest BCUT2D eigenvalue weighted by Gasteiger charge is -2.31. The molecule has 1 aliphatic heterocycles. The molecule has 0 aliphatic carbocycles. The van der Waals surface area contributed by atoms with E-state index in [0.29, 0.717) is 12.4 Å². The second kappa shape index (κ2) is 3.95. The molecule has 2 N–H and O–H groups in total. The standard InChI is InChI=1S/C13H13BrN4/c1-13(9-3-2-4-10(14)7-9)11-5-6-16-18(11)8-12(15)17-13/h2-7H,8H2,1H3,(H2,15,17). The van der Waals surface area contributed by atoms with E-state index in [9.17, 15) is 0 Å². The maximum absolute atomic E-state index is 5.94. The molecule has 4 nitrogen and oxygen atoms in total. The fourth-order valence-electron chi connectivity index (χ4n) is 2.41. The first kappa shape index (κ1) is 11.5. The Hall–Kier alpha value is -1.62. The molecule has 5 heteroatoms. The van der Waals surface area contributed by atoms with Gasteiger partial charge in [0, 0.05) is 10.7 Å². The molecular formula is C13H13BrN4. The topological polar surface area (TPSA) is 56.2 Å². The number of hydrogen-bond donors (Lipinski definition) is 1. The molecule has 1 aromatic heterocycles. The summed E-state index contributed by atoms with van der Waals surface area (Å²) in [6, 6.07) is 10.1. The van der Waals surface area contributed by atoms with Crippen LogP contribution >= 0.6 is 15.9 Å². The van der Waals surface area contributed by atoms with Gasteiger partial charge in [-0.05, 0) is 30.7 Å². The molecule has 0 saturated heterocycles. The minimum absolute atomic E-state index is 0.470. The summed E-state index contributed by atoms with van der Waals surface area (Å²) in [7, 11) is 0. The molecule has 2 aromatic rings. The molecule has 3 rings (SSSR count). The minimum atomic E-state index is -0.470. The van der Waals surface area contributed by atoms with Crippen molar-refractivity contribution in [3.8, 4) is 0 Å². The summed E-state index contributed by atoms with van der Waals surface area (Å²) >= 11 is 3.50. The van der Waals surface area contributed by atoms with E-state index in [2.05, 4.69) is 45.1 Å². The van der Waals surface area contributed by atoms with Gasteiger partial charge in [0.25, 0.3) is 0 Å². The fourth-order valence-corrected chi connectivity index (χ4v) is 2.81. The van der Waals surface area contributed by atoms with Crippen molar-refractivity contribution in [3.05, 3.63) is 52.3 Å². The van der Waals surface area contributed by atoms with Crippen LogP contribution in [-0.2, 0) is 12.1 Å². The Labute approximate surface area is 114 Å². The number of rotatable bonds is 1. The number of aromatic nitrogens is 2. The average molecular weight is 305 g/mol. The van der Waals surface area contributed by atoms with Crippen LogP contribution in [0.15, 0.2) is 46.0 Å². The lowest BCUT2D eigenvalue weighted by atomic mass is 9.88. The molecule has 1 aliphatic rings. The van der Waals surface area contributed by atoms with Gasteiger partial charge >= 0.3 is 0 Å². The van der Waals surface area contributed by atoms with E-state index in [1.54, 1.807) is 6.20 Å². The summed E-state index contributed by atoms with van der Waals surface area (Å²) < 4.78 is 2.94. The van der Waals surface area contributed by atoms with Gasteiger partial charge in [-0.3, -0.25) is 9.67 Å². The zero-order valence-corrected chi connectivity index (χ0v) is 11.6. The van der Waals surface area contributed by atoms with Crippen LogP contribution in [0.5, 0.6) is 0 Å². The molecule has 0 radical (unpaired) electrons. The number of benzene rings is 1. The number of halogens is 1. The van der Waals surface area contributed by atoms with Gasteiger partial charge in [0.2, 0.25) is 0 Å². The smallest absolute Gasteiger partial charge is 0.126 e. The molecule has 18 heavy (non-hydrogen) atoms. The molecular weight excluding hydrogens is 292 g/mol. The summed E-state index contributed by atoms with van der Waals surface area (Å²) in [5, 5.41) is 4.29. The van der Waals surface area contributed by atoms with Crippen molar-refractivity contribution in [2.24, 2.45) is 10.7 Å². The first-order valence-electron chi connectivity index (χ1n) is 5.72. The Bertz CT molecular complexity index is 631. The van der Waals surface area contributed by atoms with Crippen molar-refractivity contribution >= 4 is 21.8 Å². The van der Waals surface area contributed by atoms with E-state index in [4.69, 9.17) is 5.73 Å². The van der Waals surface area contributed by atoms with Gasteiger partial charge in [-0.2, -0.15) is 5.10 Å². The maximum Gasteiger partial charge on any atom is 0.126 e. The van der Waals surface area contributed by atoms with E-state index in [1.807, 2.05) is 22.9 Å². The largest absolute Gasteiger partial charge is 0.386 e. The summed E-state index contributed by atoms with van der Waals surface area (Å²) in [6.45, 7) is 2.63. The maximum atomic E-state index is 5.94. The molecule has 0 amide bonds. The number of hydrogen-bond acceptors (Lipinski definition) is 3. The van der Waals surface area contributed by atoms with Crippen LogP contribution < -0.4 is 5.73 Å². The van der Waals surface area contributed by atoms with Gasteiger partial charge in [-0.25, -0.2) is 0 Å². The Morgan fingerprint density at radius 3 is 3.00 bits per heavy atom. The van der Waals surface area contributed by atoms with Crippen molar-refractivity contribution in [1.82, 2.24) is 9.78 Å². The Morgan fingerprint density at radius 1 is 1.39 bits per heavy atom. The van der Waals surface area contributed by atoms with Crippen LogP contribution in [0, 0.1) is 0 Å². The number of nitrogens with zero attached hydrogens (tertiary/aromatic N) is 3. The highest BCUT2D eigenvalue weighted by atomic mass is 79.9. The molecule has 0 fully saturated rings. The van der Waals surface area contributed by atoms with E-state index in [1.165, 1.54) is 0 Å². The number of aliphatic imine (C=N–C) groups is 1. The van der Waals surface area contributed by atoms with Gasteiger partial charge in [-0.1, -0.05) is 28.1 Å². The zero-order chi connectivity index (χ0) is 12.8. The molecule has 1 aromatic carbocycles. The quantitative estimate of drug-likeness (QED) is 0.879. The van der Waals surface area contributed by atoms with Gasteiger partial charge in [0.1, 0.15) is 11.4 Å². The third-order valence-electron chi connectivity index (χ3n) is 3.28. The predicted octanol–water partition coefficient (Wildman–Crippen LogP) is 2.28. The lowest BCUT2D eigenvalue weighted by Crippen LogP contribution is -2.36. The molecule has 0 bridgehead atoms. The first-order chi connectivity index (χ1) is 8.59. The van der Waals surface area contributed by atoms with Crippen LogP contribution in [0.1, 0.15) is 18.2 Å². The molecule has 1 atom stereocenters. The molecule has 1 unspecified atom stereocenters. The second-order valence-corrected chi connectivity index (χ2v) is 5.48. The van der Waals surface area contributed by atoms with Gasteiger partial charge < -0.3 is 5.73 Å². The van der Waals surface area contributed by atoms with Crippen molar-refractivity contribution in [2.45, 2.75) is 19.0 Å². The van der Waals surface area contributed by atoms with Crippen LogP contribution in [0.3, 0.4) is 0 Å². The van der Waals surface area contributed by atoms with Crippen molar-refractivity contribution < 1.29 is 0 Å². The average Bonchev–Trinajstić information content (AvgIpc) is 2.77. The third-order valence-corrected chi connectivity index (χ3v) is 3.77. The van der Waals surface area contributed by atoms with E-state index >= 15 is 0 Å². The predicted molar refractivity (Wildman–Crippen MR) is 74.4 cm³/mol. The van der Waals surface area contributed by atoms with Crippen LogP contribution in [0.2, 0.25) is 0 Å². The van der Waals surface area contributed by atoms with Crippen LogP contribution in [0.4, 0.5) is 0 Å². The number of amidine groups is 1. The van der Waals surface area contributed by atoms with Crippen molar-refractivity contribution in [1.29, 1.82) is 0 Å². The Morgan fingerprint density at radius 2 is 2.22 bits per heavy atom. The SMILES string of the molecule is CC1(c2cccc(Br)c2)N=C(N)Cn2nccc21. The first-order valence-corrected chi connectivity index (χ1v) is 6.51. The molecule has 92 valence electrons. The second-order valence-electron chi connectivity index (χ2n) is 4.56. The van der Waals surface area contributed by atoms with Crippen molar-refractivity contribution in [3.63, 3.8) is 0 Å². The minimum Gasteiger partial charge on any atom is -0.386 e. The number of nitrogens with two attached hydrogens (primary N) is 1. The number of fused-ring (bicyclic) bond motifs is 1. The highest BCUT2D eigenvalue weighted by Crippen LogP contribution is 2.36. The molecule has 0 saturated carbocycles. The summed E-state index contributed by atoms with van der Waals surface area (Å²) in [5.41, 5.74) is 7.63. The third kappa shape index (κ3) is 1.66.